The second-order valence-electron chi connectivity index (χ2n) is 10.9. The standard InChI is InChI=1S/C32H44N4O6S/c1-36(27(32(40)41)18-19-43-3)31(39)26(20-22-10-6-4-7-11-22)35-28(37)21-33-30(38)29(23-12-8-5-9-13-23)34-24-14-16-25(42-2)17-15-24/h4,6-7,10-11,14-17,23,26-27,29,34H,5,8-9,12-13,18-21H2,1-3H3,(H,33,38)(H,35,37)(H,40,41)/t26-,27-,29?/m0/s1. The lowest BCUT2D eigenvalue weighted by Gasteiger charge is -2.31. The fourth-order valence-electron chi connectivity index (χ4n) is 5.42. The second-order valence-corrected chi connectivity index (χ2v) is 11.8. The maximum atomic E-state index is 13.5. The fourth-order valence-corrected chi connectivity index (χ4v) is 5.87. The van der Waals surface area contributed by atoms with Gasteiger partial charge in [0.15, 0.2) is 0 Å². The van der Waals surface area contributed by atoms with E-state index in [1.54, 1.807) is 7.11 Å². The van der Waals surface area contributed by atoms with Gasteiger partial charge in [-0.1, -0.05) is 49.6 Å². The first-order valence-corrected chi connectivity index (χ1v) is 16.1. The number of amides is 3. The number of anilines is 1. The van der Waals surface area contributed by atoms with Crippen molar-refractivity contribution in [1.29, 1.82) is 0 Å². The van der Waals surface area contributed by atoms with E-state index < -0.39 is 35.9 Å². The molecule has 1 saturated carbocycles. The third-order valence-corrected chi connectivity index (χ3v) is 8.49. The van der Waals surface area contributed by atoms with Gasteiger partial charge in [0.1, 0.15) is 23.9 Å². The minimum atomic E-state index is -1.10. The molecule has 3 atom stereocenters. The molecule has 3 amide bonds. The molecule has 1 fully saturated rings. The Balaban J connectivity index is 1.70. The number of rotatable bonds is 16. The molecule has 0 aromatic heterocycles. The highest BCUT2D eigenvalue weighted by atomic mass is 32.2. The van der Waals surface area contributed by atoms with Crippen LogP contribution in [0.15, 0.2) is 54.6 Å². The van der Waals surface area contributed by atoms with E-state index in [-0.39, 0.29) is 31.2 Å². The molecule has 1 aliphatic carbocycles. The summed E-state index contributed by atoms with van der Waals surface area (Å²) in [4.78, 5) is 53.2. The summed E-state index contributed by atoms with van der Waals surface area (Å²) in [7, 11) is 3.05. The van der Waals surface area contributed by atoms with E-state index in [0.29, 0.717) is 11.5 Å². The van der Waals surface area contributed by atoms with Gasteiger partial charge in [-0.15, -0.1) is 0 Å². The SMILES string of the molecule is COc1ccc(NC(C(=O)NCC(=O)N[C@@H](Cc2ccccc2)C(=O)N(C)[C@@H](CCSC)C(=O)O)C2CCCCC2)cc1. The summed E-state index contributed by atoms with van der Waals surface area (Å²) in [5, 5.41) is 18.6. The van der Waals surface area contributed by atoms with Crippen molar-refractivity contribution < 1.29 is 29.0 Å². The van der Waals surface area contributed by atoms with Crippen LogP contribution in [0, 0.1) is 5.92 Å². The number of hydrogen-bond acceptors (Lipinski definition) is 7. The van der Waals surface area contributed by atoms with Crippen LogP contribution in [0.2, 0.25) is 0 Å². The number of aliphatic carboxylic acids is 1. The third kappa shape index (κ3) is 10.5. The molecule has 0 heterocycles. The molecule has 2 aromatic carbocycles. The first kappa shape index (κ1) is 33.8. The van der Waals surface area contributed by atoms with Gasteiger partial charge in [0.05, 0.1) is 13.7 Å². The number of benzene rings is 2. The predicted octanol–water partition coefficient (Wildman–Crippen LogP) is 3.56. The number of ether oxygens (including phenoxy) is 1. The number of carboxylic acids is 1. The van der Waals surface area contributed by atoms with Crippen LogP contribution in [0.5, 0.6) is 5.75 Å². The Morgan fingerprint density at radius 3 is 2.30 bits per heavy atom. The van der Waals surface area contributed by atoms with Crippen molar-refractivity contribution in [3.05, 3.63) is 60.2 Å². The number of methoxy groups -OCH3 is 1. The van der Waals surface area contributed by atoms with Gasteiger partial charge >= 0.3 is 5.97 Å². The molecule has 0 aliphatic heterocycles. The quantitative estimate of drug-likeness (QED) is 0.226. The first-order chi connectivity index (χ1) is 20.7. The van der Waals surface area contributed by atoms with E-state index in [1.165, 1.54) is 23.7 Å². The number of hydrogen-bond donors (Lipinski definition) is 4. The normalized spacial score (nSPS) is 15.4. The van der Waals surface area contributed by atoms with Gasteiger partial charge in [-0.3, -0.25) is 14.4 Å². The lowest BCUT2D eigenvalue weighted by Crippen LogP contribution is -2.55. The summed E-state index contributed by atoms with van der Waals surface area (Å²) in [6.45, 7) is -0.316. The van der Waals surface area contributed by atoms with Crippen molar-refractivity contribution in [3.8, 4) is 5.75 Å². The van der Waals surface area contributed by atoms with Crippen LogP contribution in [-0.4, -0.2) is 84.5 Å². The maximum absolute atomic E-state index is 13.5. The third-order valence-electron chi connectivity index (χ3n) is 7.85. The molecule has 3 rings (SSSR count). The van der Waals surface area contributed by atoms with Gasteiger partial charge < -0.3 is 30.7 Å². The van der Waals surface area contributed by atoms with E-state index in [4.69, 9.17) is 4.74 Å². The molecule has 43 heavy (non-hydrogen) atoms. The van der Waals surface area contributed by atoms with Crippen molar-refractivity contribution >= 4 is 41.1 Å². The molecule has 1 aliphatic rings. The van der Waals surface area contributed by atoms with Crippen LogP contribution in [0.25, 0.3) is 0 Å². The van der Waals surface area contributed by atoms with Crippen molar-refractivity contribution in [2.75, 3.05) is 38.0 Å². The highest BCUT2D eigenvalue weighted by molar-refractivity contribution is 7.98. The first-order valence-electron chi connectivity index (χ1n) is 14.7. The van der Waals surface area contributed by atoms with Crippen LogP contribution < -0.4 is 20.7 Å². The topological polar surface area (TPSA) is 137 Å². The number of carboxylic acid groups (broad SMARTS) is 1. The van der Waals surface area contributed by atoms with Crippen LogP contribution in [0.4, 0.5) is 5.69 Å². The van der Waals surface area contributed by atoms with Crippen LogP contribution in [0.1, 0.15) is 44.1 Å². The maximum Gasteiger partial charge on any atom is 0.326 e. The lowest BCUT2D eigenvalue weighted by atomic mass is 9.83. The molecule has 0 saturated heterocycles. The molecule has 1 unspecified atom stereocenters. The van der Waals surface area contributed by atoms with Crippen molar-refractivity contribution in [1.82, 2.24) is 15.5 Å². The smallest absolute Gasteiger partial charge is 0.326 e. The summed E-state index contributed by atoms with van der Waals surface area (Å²) in [6.07, 6.45) is 7.39. The van der Waals surface area contributed by atoms with Gasteiger partial charge in [0, 0.05) is 19.2 Å². The van der Waals surface area contributed by atoms with E-state index in [0.717, 1.165) is 43.4 Å². The Morgan fingerprint density at radius 2 is 1.70 bits per heavy atom. The van der Waals surface area contributed by atoms with Crippen molar-refractivity contribution in [3.63, 3.8) is 0 Å². The second kappa shape index (κ2) is 17.4. The van der Waals surface area contributed by atoms with Crippen LogP contribution in [0.3, 0.4) is 0 Å². The average molecular weight is 613 g/mol. The Labute approximate surface area is 258 Å². The summed E-state index contributed by atoms with van der Waals surface area (Å²) < 4.78 is 5.24. The highest BCUT2D eigenvalue weighted by Gasteiger charge is 2.33. The van der Waals surface area contributed by atoms with Crippen LogP contribution in [-0.2, 0) is 25.6 Å². The summed E-state index contributed by atoms with van der Waals surface area (Å²) in [6, 6.07) is 14.0. The Kier molecular flexibility index (Phi) is 13.7. The van der Waals surface area contributed by atoms with Crippen LogP contribution >= 0.6 is 11.8 Å². The number of nitrogens with one attached hydrogen (secondary N) is 3. The largest absolute Gasteiger partial charge is 0.497 e. The number of nitrogens with zero attached hydrogens (tertiary/aromatic N) is 1. The molecule has 0 bridgehead atoms. The highest BCUT2D eigenvalue weighted by Crippen LogP contribution is 2.29. The zero-order valence-electron chi connectivity index (χ0n) is 25.2. The molecule has 11 heteroatoms. The van der Waals surface area contributed by atoms with Gasteiger partial charge in [0.2, 0.25) is 17.7 Å². The molecule has 4 N–H and O–H groups in total. The molecule has 0 radical (unpaired) electrons. The van der Waals surface area contributed by atoms with Gasteiger partial charge in [-0.2, -0.15) is 11.8 Å². The minimum Gasteiger partial charge on any atom is -0.497 e. The number of carbonyl (C=O) groups excluding carboxylic acids is 3. The zero-order valence-corrected chi connectivity index (χ0v) is 26.0. The van der Waals surface area contributed by atoms with Crippen molar-refractivity contribution in [2.24, 2.45) is 5.92 Å². The van der Waals surface area contributed by atoms with Crippen molar-refractivity contribution in [2.45, 2.75) is 63.1 Å². The predicted molar refractivity (Wildman–Crippen MR) is 169 cm³/mol. The summed E-state index contributed by atoms with van der Waals surface area (Å²) in [5.41, 5.74) is 1.60. The fraction of sp³-hybridized carbons (Fsp3) is 0.500. The molecule has 234 valence electrons. The molecule has 2 aromatic rings. The Morgan fingerprint density at radius 1 is 1.02 bits per heavy atom. The average Bonchev–Trinajstić information content (AvgIpc) is 3.03. The monoisotopic (exact) mass is 612 g/mol. The Bertz CT molecular complexity index is 1190. The number of likely N-dealkylation sites (N-methyl/N-ethyl adjacent to an activating group) is 1. The van der Waals surface area contributed by atoms with E-state index in [9.17, 15) is 24.3 Å². The van der Waals surface area contributed by atoms with Gasteiger partial charge in [0.25, 0.3) is 0 Å². The molecule has 10 nitrogen and oxygen atoms in total. The van der Waals surface area contributed by atoms with E-state index in [2.05, 4.69) is 16.0 Å². The minimum absolute atomic E-state index is 0.120. The van der Waals surface area contributed by atoms with E-state index in [1.807, 2.05) is 60.9 Å². The zero-order chi connectivity index (χ0) is 31.2. The van der Waals surface area contributed by atoms with Gasteiger partial charge in [-0.25, -0.2) is 4.79 Å². The summed E-state index contributed by atoms with van der Waals surface area (Å²) in [5.74, 6) is -1.01. The molecular formula is C32H44N4O6S. The molecule has 0 spiro atoms. The number of carbonyl (C=O) groups is 4. The summed E-state index contributed by atoms with van der Waals surface area (Å²) >= 11 is 1.50. The van der Waals surface area contributed by atoms with Gasteiger partial charge in [-0.05, 0) is 67.0 Å². The Hall–Kier alpha value is -3.73. The lowest BCUT2D eigenvalue weighted by molar-refractivity contribution is -0.150. The van der Waals surface area contributed by atoms with E-state index >= 15 is 0 Å². The molecular weight excluding hydrogens is 568 g/mol. The number of thioether (sulfide) groups is 1.